The van der Waals surface area contributed by atoms with Crippen molar-refractivity contribution in [2.45, 2.75) is 12.1 Å². The summed E-state index contributed by atoms with van der Waals surface area (Å²) in [7, 11) is 0. The molecule has 2 aromatic heterocycles. The van der Waals surface area contributed by atoms with E-state index in [2.05, 4.69) is 25.7 Å². The Morgan fingerprint density at radius 3 is 2.61 bits per heavy atom. The zero-order valence-electron chi connectivity index (χ0n) is 18.0. The summed E-state index contributed by atoms with van der Waals surface area (Å²) in [6, 6.07) is 21.0. The zero-order valence-corrected chi connectivity index (χ0v) is 18.8. The predicted octanol–water partition coefficient (Wildman–Crippen LogP) is 3.97. The topological polar surface area (TPSA) is 94.3 Å². The Kier molecular flexibility index (Phi) is 7.44. The van der Waals surface area contributed by atoms with Crippen LogP contribution in [0.1, 0.15) is 12.5 Å². The Hall–Kier alpha value is -3.98. The van der Waals surface area contributed by atoms with Crippen molar-refractivity contribution in [3.8, 4) is 22.8 Å². The molecule has 1 N–H and O–H groups in total. The van der Waals surface area contributed by atoms with Gasteiger partial charge in [0.15, 0.2) is 11.0 Å². The third-order valence-electron chi connectivity index (χ3n) is 4.53. The number of carbonyl (C=O) groups is 1. The Labute approximate surface area is 195 Å². The maximum atomic E-state index is 12.4. The third kappa shape index (κ3) is 5.64. The van der Waals surface area contributed by atoms with Gasteiger partial charge in [0.2, 0.25) is 0 Å². The quantitative estimate of drug-likeness (QED) is 0.232. The molecule has 2 aromatic carbocycles. The van der Waals surface area contributed by atoms with Crippen molar-refractivity contribution in [2.24, 2.45) is 5.10 Å². The minimum atomic E-state index is -0.252. The third-order valence-corrected chi connectivity index (χ3v) is 5.46. The average Bonchev–Trinajstić information content (AvgIpc) is 3.29. The van der Waals surface area contributed by atoms with Gasteiger partial charge in [-0.3, -0.25) is 14.3 Å². The van der Waals surface area contributed by atoms with Crippen LogP contribution >= 0.6 is 11.8 Å². The number of aromatic nitrogens is 4. The summed E-state index contributed by atoms with van der Waals surface area (Å²) in [5.41, 5.74) is 5.14. The van der Waals surface area contributed by atoms with E-state index < -0.39 is 0 Å². The van der Waals surface area contributed by atoms with E-state index >= 15 is 0 Å². The molecule has 0 bridgehead atoms. The number of hydrazone groups is 1. The molecule has 166 valence electrons. The van der Waals surface area contributed by atoms with E-state index in [9.17, 15) is 4.79 Å². The highest BCUT2D eigenvalue weighted by Crippen LogP contribution is 2.27. The summed E-state index contributed by atoms with van der Waals surface area (Å²) in [6.45, 7) is 2.47. The second-order valence-electron chi connectivity index (χ2n) is 6.77. The Morgan fingerprint density at radius 2 is 1.82 bits per heavy atom. The molecule has 0 spiro atoms. The van der Waals surface area contributed by atoms with Gasteiger partial charge in [-0.05, 0) is 43.3 Å². The molecule has 0 radical (unpaired) electrons. The van der Waals surface area contributed by atoms with Gasteiger partial charge in [0.1, 0.15) is 5.75 Å². The molecular weight excluding hydrogens is 436 g/mol. The monoisotopic (exact) mass is 458 g/mol. The van der Waals surface area contributed by atoms with E-state index in [4.69, 9.17) is 4.74 Å². The number of benzene rings is 2. The van der Waals surface area contributed by atoms with Crippen LogP contribution in [0.3, 0.4) is 0 Å². The van der Waals surface area contributed by atoms with Gasteiger partial charge in [-0.2, -0.15) is 5.10 Å². The summed E-state index contributed by atoms with van der Waals surface area (Å²) in [5.74, 6) is 1.27. The van der Waals surface area contributed by atoms with Crippen molar-refractivity contribution < 1.29 is 9.53 Å². The molecule has 0 atom stereocenters. The number of amides is 1. The maximum absolute atomic E-state index is 12.4. The van der Waals surface area contributed by atoms with Crippen LogP contribution in [0, 0.1) is 0 Å². The van der Waals surface area contributed by atoms with Gasteiger partial charge in [-0.25, -0.2) is 5.43 Å². The van der Waals surface area contributed by atoms with Crippen LogP contribution in [0.4, 0.5) is 0 Å². The van der Waals surface area contributed by atoms with Crippen LogP contribution in [-0.4, -0.2) is 44.2 Å². The van der Waals surface area contributed by atoms with Crippen LogP contribution in [-0.2, 0) is 4.79 Å². The van der Waals surface area contributed by atoms with Crippen molar-refractivity contribution in [3.63, 3.8) is 0 Å². The van der Waals surface area contributed by atoms with E-state index in [0.29, 0.717) is 23.3 Å². The number of carbonyl (C=O) groups excluding carboxylic acids is 1. The normalized spacial score (nSPS) is 10.9. The molecule has 0 unspecified atom stereocenters. The molecule has 4 rings (SSSR count). The van der Waals surface area contributed by atoms with Crippen molar-refractivity contribution in [2.75, 3.05) is 12.4 Å². The van der Waals surface area contributed by atoms with Gasteiger partial charge in [-0.15, -0.1) is 10.2 Å². The second kappa shape index (κ2) is 11.1. The van der Waals surface area contributed by atoms with E-state index in [-0.39, 0.29) is 11.7 Å². The zero-order chi connectivity index (χ0) is 22.9. The SMILES string of the molecule is CCOc1ccccc1C=NNC(=O)CSc1nnc(-c2ccncc2)n1-c1ccccc1. The lowest BCUT2D eigenvalue weighted by Gasteiger charge is -2.10. The largest absolute Gasteiger partial charge is 0.493 e. The predicted molar refractivity (Wildman–Crippen MR) is 129 cm³/mol. The van der Waals surface area contributed by atoms with Crippen LogP contribution in [0.2, 0.25) is 0 Å². The highest BCUT2D eigenvalue weighted by molar-refractivity contribution is 7.99. The summed E-state index contributed by atoms with van der Waals surface area (Å²) >= 11 is 1.29. The first-order valence-electron chi connectivity index (χ1n) is 10.3. The van der Waals surface area contributed by atoms with E-state index in [1.165, 1.54) is 11.8 Å². The number of nitrogens with zero attached hydrogens (tertiary/aromatic N) is 5. The summed E-state index contributed by atoms with van der Waals surface area (Å²) in [5, 5.41) is 13.3. The van der Waals surface area contributed by atoms with Crippen LogP contribution in [0.25, 0.3) is 17.1 Å². The first-order chi connectivity index (χ1) is 16.3. The molecule has 8 nitrogen and oxygen atoms in total. The molecule has 4 aromatic rings. The first-order valence-corrected chi connectivity index (χ1v) is 11.3. The van der Waals surface area contributed by atoms with E-state index in [0.717, 1.165) is 16.8 Å². The molecule has 2 heterocycles. The number of pyridine rings is 1. The Bertz CT molecular complexity index is 1230. The molecule has 33 heavy (non-hydrogen) atoms. The summed E-state index contributed by atoms with van der Waals surface area (Å²) in [6.07, 6.45) is 4.99. The molecule has 0 saturated carbocycles. The number of ether oxygens (including phenoxy) is 1. The molecule has 1 amide bonds. The fourth-order valence-electron chi connectivity index (χ4n) is 3.07. The highest BCUT2D eigenvalue weighted by Gasteiger charge is 2.17. The van der Waals surface area contributed by atoms with Crippen molar-refractivity contribution in [1.82, 2.24) is 25.2 Å². The standard InChI is InChI=1S/C24H22N6O2S/c1-2-32-21-11-7-6-8-19(21)16-26-27-22(31)17-33-24-29-28-23(18-12-14-25-15-13-18)30(24)20-9-4-3-5-10-20/h3-16H,2,17H2,1H3,(H,27,31). The fraction of sp³-hybridized carbons (Fsp3) is 0.125. The first kappa shape index (κ1) is 22.2. The maximum Gasteiger partial charge on any atom is 0.250 e. The fourth-order valence-corrected chi connectivity index (χ4v) is 3.82. The van der Waals surface area contributed by atoms with Crippen molar-refractivity contribution in [1.29, 1.82) is 0 Å². The molecule has 0 aliphatic rings. The lowest BCUT2D eigenvalue weighted by atomic mass is 10.2. The lowest BCUT2D eigenvalue weighted by molar-refractivity contribution is -0.118. The molecule has 0 saturated heterocycles. The van der Waals surface area contributed by atoms with Crippen LogP contribution in [0.15, 0.2) is 89.4 Å². The number of hydrogen-bond donors (Lipinski definition) is 1. The average molecular weight is 459 g/mol. The van der Waals surface area contributed by atoms with Crippen LogP contribution in [0.5, 0.6) is 5.75 Å². The molecule has 9 heteroatoms. The van der Waals surface area contributed by atoms with Gasteiger partial charge in [0, 0.05) is 29.2 Å². The van der Waals surface area contributed by atoms with Gasteiger partial charge in [-0.1, -0.05) is 42.1 Å². The highest BCUT2D eigenvalue weighted by atomic mass is 32.2. The smallest absolute Gasteiger partial charge is 0.250 e. The number of hydrogen-bond acceptors (Lipinski definition) is 7. The molecule has 0 fully saturated rings. The van der Waals surface area contributed by atoms with Crippen molar-refractivity contribution in [3.05, 3.63) is 84.7 Å². The number of thioether (sulfide) groups is 1. The van der Waals surface area contributed by atoms with Crippen LogP contribution < -0.4 is 10.2 Å². The lowest BCUT2D eigenvalue weighted by Crippen LogP contribution is -2.20. The number of para-hydroxylation sites is 2. The minimum absolute atomic E-state index is 0.131. The van der Waals surface area contributed by atoms with E-state index in [1.54, 1.807) is 18.6 Å². The summed E-state index contributed by atoms with van der Waals surface area (Å²) < 4.78 is 7.49. The Morgan fingerprint density at radius 1 is 1.06 bits per heavy atom. The summed E-state index contributed by atoms with van der Waals surface area (Å²) in [4.78, 5) is 16.5. The molecular formula is C24H22N6O2S. The minimum Gasteiger partial charge on any atom is -0.493 e. The van der Waals surface area contributed by atoms with Gasteiger partial charge in [0.05, 0.1) is 18.6 Å². The second-order valence-corrected chi connectivity index (χ2v) is 7.71. The van der Waals surface area contributed by atoms with Crippen molar-refractivity contribution >= 4 is 23.9 Å². The van der Waals surface area contributed by atoms with Gasteiger partial charge < -0.3 is 4.74 Å². The number of nitrogens with one attached hydrogen (secondary N) is 1. The van der Waals surface area contributed by atoms with Gasteiger partial charge in [0.25, 0.3) is 5.91 Å². The van der Waals surface area contributed by atoms with E-state index in [1.807, 2.05) is 78.2 Å². The Balaban J connectivity index is 1.46. The van der Waals surface area contributed by atoms with Gasteiger partial charge >= 0.3 is 0 Å². The number of rotatable bonds is 9. The molecule has 0 aliphatic heterocycles. The molecule has 0 aliphatic carbocycles.